The van der Waals surface area contributed by atoms with Gasteiger partial charge in [-0.05, 0) is 31.9 Å². The second kappa shape index (κ2) is 2.95. The van der Waals surface area contributed by atoms with Crippen LogP contribution < -0.4 is 0 Å². The number of rotatable bonds is 2. The number of amides is 1. The molecule has 1 amide bonds. The van der Waals surface area contributed by atoms with Crippen LogP contribution >= 0.6 is 11.8 Å². The van der Waals surface area contributed by atoms with Crippen LogP contribution in [0, 0.1) is 0 Å². The number of hydrogen-bond acceptors (Lipinski definition) is 2. The first-order chi connectivity index (χ1) is 5.78. The van der Waals surface area contributed by atoms with E-state index in [0.717, 1.165) is 25.9 Å². The molecule has 0 aromatic carbocycles. The minimum Gasteiger partial charge on any atom is -0.341 e. The summed E-state index contributed by atoms with van der Waals surface area (Å²) >= 11 is 1.75. The highest BCUT2D eigenvalue weighted by Crippen LogP contribution is 2.44. The second-order valence-electron chi connectivity index (χ2n) is 3.70. The summed E-state index contributed by atoms with van der Waals surface area (Å²) < 4.78 is 0.000417. The number of thioether (sulfide) groups is 1. The molecule has 0 radical (unpaired) electrons. The Morgan fingerprint density at radius 2 is 2.00 bits per heavy atom. The van der Waals surface area contributed by atoms with Crippen molar-refractivity contribution in [3.05, 3.63) is 0 Å². The van der Waals surface area contributed by atoms with Crippen molar-refractivity contribution < 1.29 is 4.79 Å². The lowest BCUT2D eigenvalue weighted by atomic mass is 9.82. The molecule has 1 saturated carbocycles. The number of likely N-dealkylation sites (tertiary alicyclic amines) is 1. The molecule has 0 aromatic heterocycles. The first-order valence-electron chi connectivity index (χ1n) is 4.63. The lowest BCUT2D eigenvalue weighted by Crippen LogP contribution is -2.55. The zero-order valence-corrected chi connectivity index (χ0v) is 8.32. The van der Waals surface area contributed by atoms with E-state index in [4.69, 9.17) is 0 Å². The zero-order chi connectivity index (χ0) is 8.60. The molecule has 0 atom stereocenters. The lowest BCUT2D eigenvalue weighted by molar-refractivity contribution is -0.139. The molecular weight excluding hydrogens is 170 g/mol. The van der Waals surface area contributed by atoms with Crippen LogP contribution in [0.1, 0.15) is 25.7 Å². The van der Waals surface area contributed by atoms with E-state index in [1.807, 2.05) is 4.90 Å². The van der Waals surface area contributed by atoms with Gasteiger partial charge < -0.3 is 4.90 Å². The standard InChI is InChI=1S/C9H15NOS/c1-12-9(4-2-5-9)8(11)10-6-3-7-10/h2-7H2,1H3. The van der Waals surface area contributed by atoms with Gasteiger partial charge in [0.15, 0.2) is 0 Å². The monoisotopic (exact) mass is 185 g/mol. The number of carbonyl (C=O) groups is 1. The van der Waals surface area contributed by atoms with Crippen molar-refractivity contribution >= 4 is 17.7 Å². The van der Waals surface area contributed by atoms with E-state index >= 15 is 0 Å². The predicted molar refractivity (Wildman–Crippen MR) is 51.3 cm³/mol. The highest BCUT2D eigenvalue weighted by atomic mass is 32.2. The Bertz CT molecular complexity index is 191. The summed E-state index contributed by atoms with van der Waals surface area (Å²) in [7, 11) is 0. The molecule has 2 nitrogen and oxygen atoms in total. The van der Waals surface area contributed by atoms with Gasteiger partial charge in [-0.25, -0.2) is 0 Å². The van der Waals surface area contributed by atoms with E-state index in [-0.39, 0.29) is 4.75 Å². The fourth-order valence-electron chi connectivity index (χ4n) is 1.81. The third-order valence-electron chi connectivity index (χ3n) is 3.09. The Hall–Kier alpha value is -0.180. The summed E-state index contributed by atoms with van der Waals surface area (Å²) in [5.74, 6) is 0.410. The van der Waals surface area contributed by atoms with Crippen LogP contribution in [-0.4, -0.2) is 34.9 Å². The van der Waals surface area contributed by atoms with Gasteiger partial charge >= 0.3 is 0 Å². The van der Waals surface area contributed by atoms with Crippen LogP contribution in [0.15, 0.2) is 0 Å². The van der Waals surface area contributed by atoms with Crippen LogP contribution in [0.4, 0.5) is 0 Å². The van der Waals surface area contributed by atoms with Gasteiger partial charge in [-0.1, -0.05) is 0 Å². The maximum absolute atomic E-state index is 11.9. The molecular formula is C9H15NOS. The molecule has 1 aliphatic heterocycles. The fraction of sp³-hybridized carbons (Fsp3) is 0.889. The predicted octanol–water partition coefficient (Wildman–Crippen LogP) is 1.50. The average Bonchev–Trinajstić information content (AvgIpc) is 1.81. The SMILES string of the molecule is CSC1(C(=O)N2CCC2)CCC1. The van der Waals surface area contributed by atoms with Crippen molar-refractivity contribution in [1.29, 1.82) is 0 Å². The van der Waals surface area contributed by atoms with Crippen molar-refractivity contribution in [2.75, 3.05) is 19.3 Å². The molecule has 3 heteroatoms. The van der Waals surface area contributed by atoms with Crippen LogP contribution in [0.2, 0.25) is 0 Å². The van der Waals surface area contributed by atoms with E-state index in [1.54, 1.807) is 11.8 Å². The molecule has 2 fully saturated rings. The van der Waals surface area contributed by atoms with Gasteiger partial charge in [0.1, 0.15) is 0 Å². The molecule has 1 heterocycles. The van der Waals surface area contributed by atoms with E-state index in [1.165, 1.54) is 12.8 Å². The maximum Gasteiger partial charge on any atom is 0.238 e. The summed E-state index contributed by atoms with van der Waals surface area (Å²) in [5.41, 5.74) is 0. The average molecular weight is 185 g/mol. The van der Waals surface area contributed by atoms with Crippen LogP contribution in [0.5, 0.6) is 0 Å². The molecule has 0 unspecified atom stereocenters. The van der Waals surface area contributed by atoms with Crippen molar-refractivity contribution in [2.24, 2.45) is 0 Å². The summed E-state index contributed by atoms with van der Waals surface area (Å²) in [6.07, 6.45) is 6.71. The third-order valence-corrected chi connectivity index (χ3v) is 4.45. The number of nitrogens with zero attached hydrogens (tertiary/aromatic N) is 1. The molecule has 1 saturated heterocycles. The van der Waals surface area contributed by atoms with Gasteiger partial charge in [-0.3, -0.25) is 4.79 Å². The van der Waals surface area contributed by atoms with Gasteiger partial charge in [0, 0.05) is 13.1 Å². The first-order valence-corrected chi connectivity index (χ1v) is 5.85. The Morgan fingerprint density at radius 3 is 2.25 bits per heavy atom. The minimum atomic E-state index is 0.000417. The first kappa shape index (κ1) is 8.42. The van der Waals surface area contributed by atoms with Gasteiger partial charge in [0.2, 0.25) is 5.91 Å². The summed E-state index contributed by atoms with van der Waals surface area (Å²) in [6, 6.07) is 0. The molecule has 1 aliphatic carbocycles. The van der Waals surface area contributed by atoms with Gasteiger partial charge in [-0.15, -0.1) is 11.8 Å². The molecule has 12 heavy (non-hydrogen) atoms. The van der Waals surface area contributed by atoms with Crippen LogP contribution in [-0.2, 0) is 4.79 Å². The largest absolute Gasteiger partial charge is 0.341 e. The molecule has 2 aliphatic rings. The Kier molecular flexibility index (Phi) is 2.07. The Labute approximate surface area is 77.7 Å². The Morgan fingerprint density at radius 1 is 1.33 bits per heavy atom. The summed E-state index contributed by atoms with van der Waals surface area (Å²) in [5, 5.41) is 0. The van der Waals surface area contributed by atoms with E-state index in [9.17, 15) is 4.79 Å². The topological polar surface area (TPSA) is 20.3 Å². The van der Waals surface area contributed by atoms with Gasteiger partial charge in [0.25, 0.3) is 0 Å². The zero-order valence-electron chi connectivity index (χ0n) is 7.51. The van der Waals surface area contributed by atoms with E-state index in [0.29, 0.717) is 5.91 Å². The highest BCUT2D eigenvalue weighted by molar-refractivity contribution is 8.00. The maximum atomic E-state index is 11.9. The van der Waals surface area contributed by atoms with Crippen molar-refractivity contribution in [2.45, 2.75) is 30.4 Å². The quantitative estimate of drug-likeness (QED) is 0.650. The molecule has 68 valence electrons. The second-order valence-corrected chi connectivity index (χ2v) is 4.89. The van der Waals surface area contributed by atoms with Crippen LogP contribution in [0.25, 0.3) is 0 Å². The number of hydrogen-bond donors (Lipinski definition) is 0. The van der Waals surface area contributed by atoms with E-state index in [2.05, 4.69) is 6.26 Å². The normalized spacial score (nSPS) is 25.9. The Balaban J connectivity index is 2.00. The smallest absolute Gasteiger partial charge is 0.238 e. The molecule has 0 aromatic rings. The molecule has 0 bridgehead atoms. The van der Waals surface area contributed by atoms with Crippen molar-refractivity contribution in [1.82, 2.24) is 4.90 Å². The van der Waals surface area contributed by atoms with Gasteiger partial charge in [-0.2, -0.15) is 0 Å². The highest BCUT2D eigenvalue weighted by Gasteiger charge is 2.46. The summed E-state index contributed by atoms with van der Waals surface area (Å²) in [6.45, 7) is 2.00. The fourth-order valence-corrected chi connectivity index (χ4v) is 2.81. The van der Waals surface area contributed by atoms with E-state index < -0.39 is 0 Å². The lowest BCUT2D eigenvalue weighted by Gasteiger charge is -2.45. The third kappa shape index (κ3) is 1.06. The number of carbonyl (C=O) groups excluding carboxylic acids is 1. The van der Waals surface area contributed by atoms with Crippen LogP contribution in [0.3, 0.4) is 0 Å². The minimum absolute atomic E-state index is 0.000417. The molecule has 0 N–H and O–H groups in total. The molecule has 0 spiro atoms. The molecule has 2 rings (SSSR count). The summed E-state index contributed by atoms with van der Waals surface area (Å²) in [4.78, 5) is 13.9. The van der Waals surface area contributed by atoms with Crippen molar-refractivity contribution in [3.63, 3.8) is 0 Å². The van der Waals surface area contributed by atoms with Gasteiger partial charge in [0.05, 0.1) is 4.75 Å². The van der Waals surface area contributed by atoms with Crippen molar-refractivity contribution in [3.8, 4) is 0 Å².